The van der Waals surface area contributed by atoms with Crippen molar-refractivity contribution in [3.63, 3.8) is 0 Å². The molecule has 8 heteroatoms. The van der Waals surface area contributed by atoms with Crippen LogP contribution in [0.5, 0.6) is 5.75 Å². The Kier molecular flexibility index (Phi) is 4.95. The molecule has 0 aliphatic rings. The van der Waals surface area contributed by atoms with Crippen molar-refractivity contribution >= 4 is 23.3 Å². The van der Waals surface area contributed by atoms with Crippen LogP contribution in [0.3, 0.4) is 0 Å². The lowest BCUT2D eigenvalue weighted by atomic mass is 10.3. The molecule has 0 radical (unpaired) electrons. The first-order valence-corrected chi connectivity index (χ1v) is 7.77. The number of ether oxygens (including phenoxy) is 1. The van der Waals surface area contributed by atoms with E-state index in [-0.39, 0.29) is 17.4 Å². The average molecular weight is 361 g/mol. The summed E-state index contributed by atoms with van der Waals surface area (Å²) in [6.07, 6.45) is 1.52. The van der Waals surface area contributed by atoms with Gasteiger partial charge in [0.1, 0.15) is 17.3 Å². The normalized spacial score (nSPS) is 10.5. The molecule has 1 amide bonds. The topological polar surface area (TPSA) is 69.0 Å². The molecule has 0 spiro atoms. The van der Waals surface area contributed by atoms with Crippen molar-refractivity contribution in [3.05, 3.63) is 65.3 Å². The highest BCUT2D eigenvalue weighted by Gasteiger charge is 2.14. The zero-order valence-electron chi connectivity index (χ0n) is 13.2. The highest BCUT2D eigenvalue weighted by molar-refractivity contribution is 6.30. The van der Waals surface area contributed by atoms with Gasteiger partial charge in [-0.05, 0) is 31.2 Å². The van der Waals surface area contributed by atoms with E-state index in [4.69, 9.17) is 16.3 Å². The molecular weight excluding hydrogens is 347 g/mol. The van der Waals surface area contributed by atoms with E-state index >= 15 is 0 Å². The minimum atomic E-state index is -0.445. The largest absolute Gasteiger partial charge is 0.481 e. The first-order chi connectivity index (χ1) is 12.0. The van der Waals surface area contributed by atoms with Crippen molar-refractivity contribution in [1.29, 1.82) is 0 Å². The predicted octanol–water partition coefficient (Wildman–Crippen LogP) is 3.39. The van der Waals surface area contributed by atoms with Crippen LogP contribution in [0, 0.1) is 12.7 Å². The fourth-order valence-electron chi connectivity index (χ4n) is 2.20. The van der Waals surface area contributed by atoms with Crippen LogP contribution in [0.25, 0.3) is 5.69 Å². The molecule has 0 fully saturated rings. The molecule has 0 unspecified atom stereocenters. The number of anilines is 1. The van der Waals surface area contributed by atoms with E-state index < -0.39 is 11.7 Å². The molecule has 0 bridgehead atoms. The summed E-state index contributed by atoms with van der Waals surface area (Å²) in [4.78, 5) is 16.0. The average Bonchev–Trinajstić information content (AvgIpc) is 2.94. The molecule has 3 rings (SSSR count). The zero-order chi connectivity index (χ0) is 17.8. The Morgan fingerprint density at radius 2 is 2.12 bits per heavy atom. The summed E-state index contributed by atoms with van der Waals surface area (Å²) in [5, 5.41) is 7.04. The Labute approximate surface area is 148 Å². The minimum absolute atomic E-state index is 0.169. The molecule has 0 aliphatic carbocycles. The smallest absolute Gasteiger partial charge is 0.263 e. The summed E-state index contributed by atoms with van der Waals surface area (Å²) in [7, 11) is 0. The maximum absolute atomic E-state index is 14.0. The molecule has 3 aromatic rings. The standard InChI is InChI=1S/C17H14ClFN4O2/c1-11-9-15(23(22-11)13-6-3-2-5-12(13)19)21-16(24)10-25-14-7-4-8-20-17(14)18/h2-9H,10H2,1H3,(H,21,24). The number of carbonyl (C=O) groups is 1. The van der Waals surface area contributed by atoms with Crippen LogP contribution in [0.15, 0.2) is 48.7 Å². The van der Waals surface area contributed by atoms with Crippen LogP contribution >= 0.6 is 11.6 Å². The number of nitrogens with one attached hydrogen (secondary N) is 1. The molecule has 2 aromatic heterocycles. The van der Waals surface area contributed by atoms with E-state index in [2.05, 4.69) is 15.4 Å². The third-order valence-electron chi connectivity index (χ3n) is 3.26. The van der Waals surface area contributed by atoms with E-state index in [0.29, 0.717) is 17.3 Å². The van der Waals surface area contributed by atoms with Gasteiger partial charge in [-0.15, -0.1) is 0 Å². The van der Waals surface area contributed by atoms with Gasteiger partial charge in [-0.25, -0.2) is 14.1 Å². The van der Waals surface area contributed by atoms with Crippen molar-refractivity contribution in [2.45, 2.75) is 6.92 Å². The number of hydrogen-bond acceptors (Lipinski definition) is 4. The molecule has 0 atom stereocenters. The van der Waals surface area contributed by atoms with Crippen LogP contribution in [0.4, 0.5) is 10.2 Å². The second kappa shape index (κ2) is 7.31. The molecule has 0 saturated heterocycles. The number of nitrogens with zero attached hydrogens (tertiary/aromatic N) is 3. The van der Waals surface area contributed by atoms with Gasteiger partial charge in [-0.3, -0.25) is 4.79 Å². The molecule has 6 nitrogen and oxygen atoms in total. The highest BCUT2D eigenvalue weighted by Crippen LogP contribution is 2.21. The summed E-state index contributed by atoms with van der Waals surface area (Å²) in [6, 6.07) is 11.1. The van der Waals surface area contributed by atoms with Gasteiger partial charge in [0.05, 0.1) is 5.69 Å². The number of pyridine rings is 1. The molecule has 25 heavy (non-hydrogen) atoms. The molecule has 1 N–H and O–H groups in total. The van der Waals surface area contributed by atoms with E-state index in [0.717, 1.165) is 0 Å². The number of benzene rings is 1. The van der Waals surface area contributed by atoms with Crippen molar-refractivity contribution in [1.82, 2.24) is 14.8 Å². The summed E-state index contributed by atoms with van der Waals surface area (Å²) >= 11 is 5.87. The van der Waals surface area contributed by atoms with Gasteiger partial charge >= 0.3 is 0 Å². The predicted molar refractivity (Wildman–Crippen MR) is 91.6 cm³/mol. The lowest BCUT2D eigenvalue weighted by Gasteiger charge is -2.10. The van der Waals surface area contributed by atoms with Gasteiger partial charge in [-0.1, -0.05) is 23.7 Å². The van der Waals surface area contributed by atoms with E-state index in [1.165, 1.54) is 16.9 Å². The fourth-order valence-corrected chi connectivity index (χ4v) is 2.37. The van der Waals surface area contributed by atoms with E-state index in [1.807, 2.05) is 0 Å². The van der Waals surface area contributed by atoms with Gasteiger partial charge in [0.25, 0.3) is 5.91 Å². The number of hydrogen-bond donors (Lipinski definition) is 1. The third-order valence-corrected chi connectivity index (χ3v) is 3.55. The van der Waals surface area contributed by atoms with Crippen LogP contribution in [0.1, 0.15) is 5.69 Å². The number of para-hydroxylation sites is 1. The molecule has 2 heterocycles. The van der Waals surface area contributed by atoms with Gasteiger partial charge in [0, 0.05) is 12.3 Å². The van der Waals surface area contributed by atoms with E-state index in [9.17, 15) is 9.18 Å². The number of carbonyl (C=O) groups excluding carboxylic acids is 1. The first-order valence-electron chi connectivity index (χ1n) is 7.39. The van der Waals surface area contributed by atoms with Crippen molar-refractivity contribution in [2.75, 3.05) is 11.9 Å². The summed E-state index contributed by atoms with van der Waals surface area (Å²) in [5.74, 6) is -0.233. The number of rotatable bonds is 5. The lowest BCUT2D eigenvalue weighted by Crippen LogP contribution is -2.22. The molecule has 1 aromatic carbocycles. The number of aromatic nitrogens is 3. The summed E-state index contributed by atoms with van der Waals surface area (Å²) < 4.78 is 20.7. The second-order valence-corrected chi connectivity index (χ2v) is 5.52. The summed E-state index contributed by atoms with van der Waals surface area (Å²) in [5.41, 5.74) is 0.872. The molecule has 128 valence electrons. The third kappa shape index (κ3) is 3.95. The zero-order valence-corrected chi connectivity index (χ0v) is 14.0. The van der Waals surface area contributed by atoms with Crippen LogP contribution < -0.4 is 10.1 Å². The Balaban J connectivity index is 1.74. The Morgan fingerprint density at radius 3 is 2.88 bits per heavy atom. The van der Waals surface area contributed by atoms with Gasteiger partial charge in [-0.2, -0.15) is 5.10 Å². The molecular formula is C17H14ClFN4O2. The molecule has 0 saturated carbocycles. The Bertz CT molecular complexity index is 913. The fraction of sp³-hybridized carbons (Fsp3) is 0.118. The second-order valence-electron chi connectivity index (χ2n) is 5.16. The Hall–Kier alpha value is -2.93. The minimum Gasteiger partial charge on any atom is -0.481 e. The van der Waals surface area contributed by atoms with Crippen LogP contribution in [0.2, 0.25) is 5.15 Å². The monoisotopic (exact) mass is 360 g/mol. The van der Waals surface area contributed by atoms with Gasteiger partial charge in [0.2, 0.25) is 0 Å². The SMILES string of the molecule is Cc1cc(NC(=O)COc2cccnc2Cl)n(-c2ccccc2F)n1. The number of halogens is 2. The summed E-state index contributed by atoms with van der Waals surface area (Å²) in [6.45, 7) is 1.48. The van der Waals surface area contributed by atoms with Gasteiger partial charge in [0.15, 0.2) is 17.5 Å². The maximum Gasteiger partial charge on any atom is 0.263 e. The quantitative estimate of drug-likeness (QED) is 0.708. The van der Waals surface area contributed by atoms with Crippen molar-refractivity contribution < 1.29 is 13.9 Å². The maximum atomic E-state index is 14.0. The number of amides is 1. The van der Waals surface area contributed by atoms with E-state index in [1.54, 1.807) is 43.3 Å². The Morgan fingerprint density at radius 1 is 1.32 bits per heavy atom. The highest BCUT2D eigenvalue weighted by atomic mass is 35.5. The lowest BCUT2D eigenvalue weighted by molar-refractivity contribution is -0.118. The first kappa shape index (κ1) is 16.9. The van der Waals surface area contributed by atoms with Crippen LogP contribution in [-0.2, 0) is 4.79 Å². The van der Waals surface area contributed by atoms with Crippen molar-refractivity contribution in [3.8, 4) is 11.4 Å². The van der Waals surface area contributed by atoms with Gasteiger partial charge < -0.3 is 10.1 Å². The molecule has 0 aliphatic heterocycles. The van der Waals surface area contributed by atoms with Crippen LogP contribution in [-0.4, -0.2) is 27.3 Å². The van der Waals surface area contributed by atoms with Crippen molar-refractivity contribution in [2.24, 2.45) is 0 Å². The number of aryl methyl sites for hydroxylation is 1.